The molecule has 0 amide bonds. The maximum absolute atomic E-state index is 10.9. The van der Waals surface area contributed by atoms with Crippen molar-refractivity contribution < 1.29 is 4.92 Å². The molecular weight excluding hydrogens is 338 g/mol. The van der Waals surface area contributed by atoms with Crippen LogP contribution in [0, 0.1) is 10.1 Å². The molecule has 1 aromatic carbocycles. The van der Waals surface area contributed by atoms with Gasteiger partial charge in [-0.25, -0.2) is 9.97 Å². The predicted molar refractivity (Wildman–Crippen MR) is 75.5 cm³/mol. The molecule has 19 heavy (non-hydrogen) atoms. The molecule has 0 atom stereocenters. The number of hydrogen-bond donors (Lipinski definition) is 2. The maximum atomic E-state index is 10.9. The van der Waals surface area contributed by atoms with Crippen LogP contribution in [0.1, 0.15) is 0 Å². The normalized spacial score (nSPS) is 10.2. The minimum atomic E-state index is -0.649. The van der Waals surface area contributed by atoms with Gasteiger partial charge in [-0.2, -0.15) is 0 Å². The maximum Gasteiger partial charge on any atom is 0.353 e. The van der Waals surface area contributed by atoms with Gasteiger partial charge in [-0.05, 0) is 18.2 Å². The Morgan fingerprint density at radius 1 is 1.42 bits per heavy atom. The highest BCUT2D eigenvalue weighted by atomic mass is 79.9. The Kier molecular flexibility index (Phi) is 3.82. The van der Waals surface area contributed by atoms with E-state index in [0.29, 0.717) is 10.7 Å². The Morgan fingerprint density at radius 3 is 2.84 bits per heavy atom. The molecule has 0 saturated carbocycles. The van der Waals surface area contributed by atoms with Crippen molar-refractivity contribution in [2.75, 3.05) is 11.1 Å². The highest BCUT2D eigenvalue weighted by molar-refractivity contribution is 9.10. The number of benzene rings is 1. The number of nitrogens with zero attached hydrogens (tertiary/aromatic N) is 3. The molecule has 3 N–H and O–H groups in total. The van der Waals surface area contributed by atoms with Crippen LogP contribution >= 0.6 is 27.5 Å². The first-order valence-corrected chi connectivity index (χ1v) is 6.13. The average molecular weight is 345 g/mol. The number of aromatic nitrogens is 2. The summed E-state index contributed by atoms with van der Waals surface area (Å²) in [6.07, 6.45) is 1.14. The Hall–Kier alpha value is -1.93. The summed E-state index contributed by atoms with van der Waals surface area (Å²) in [6.45, 7) is 0. The summed E-state index contributed by atoms with van der Waals surface area (Å²) in [5.74, 6) is -0.230. The summed E-state index contributed by atoms with van der Waals surface area (Å²) in [6, 6.07) is 5.06. The molecule has 0 saturated heterocycles. The van der Waals surface area contributed by atoms with Gasteiger partial charge in [0.15, 0.2) is 0 Å². The van der Waals surface area contributed by atoms with Crippen LogP contribution in [0.2, 0.25) is 5.02 Å². The molecule has 0 fully saturated rings. The van der Waals surface area contributed by atoms with Gasteiger partial charge in [-0.3, -0.25) is 10.1 Å². The highest BCUT2D eigenvalue weighted by Crippen LogP contribution is 2.33. The van der Waals surface area contributed by atoms with Crippen molar-refractivity contribution in [2.45, 2.75) is 0 Å². The van der Waals surface area contributed by atoms with Gasteiger partial charge in [-0.15, -0.1) is 0 Å². The van der Waals surface area contributed by atoms with E-state index >= 15 is 0 Å². The Morgan fingerprint density at radius 2 is 2.16 bits per heavy atom. The van der Waals surface area contributed by atoms with Crippen LogP contribution < -0.4 is 11.1 Å². The van der Waals surface area contributed by atoms with E-state index in [0.717, 1.165) is 10.8 Å². The van der Waals surface area contributed by atoms with Gasteiger partial charge < -0.3 is 11.1 Å². The van der Waals surface area contributed by atoms with Crippen LogP contribution in [0.15, 0.2) is 29.0 Å². The monoisotopic (exact) mass is 343 g/mol. The Bertz CT molecular complexity index is 652. The van der Waals surface area contributed by atoms with Crippen molar-refractivity contribution >= 4 is 50.5 Å². The van der Waals surface area contributed by atoms with Gasteiger partial charge >= 0.3 is 5.69 Å². The molecular formula is C10H7BrClN5O2. The second-order valence-electron chi connectivity index (χ2n) is 3.46. The largest absolute Gasteiger partial charge is 0.378 e. The lowest BCUT2D eigenvalue weighted by atomic mass is 10.3. The van der Waals surface area contributed by atoms with E-state index in [1.807, 2.05) is 0 Å². The van der Waals surface area contributed by atoms with Crippen molar-refractivity contribution in [3.63, 3.8) is 0 Å². The predicted octanol–water partition coefficient (Wildman–Crippen LogP) is 3.13. The summed E-state index contributed by atoms with van der Waals surface area (Å²) in [4.78, 5) is 17.7. The summed E-state index contributed by atoms with van der Waals surface area (Å²) in [7, 11) is 0. The van der Waals surface area contributed by atoms with Crippen LogP contribution in [0.25, 0.3) is 0 Å². The van der Waals surface area contributed by atoms with E-state index in [2.05, 4.69) is 31.2 Å². The first-order valence-electron chi connectivity index (χ1n) is 4.96. The summed E-state index contributed by atoms with van der Waals surface area (Å²) < 4.78 is 0.768. The summed E-state index contributed by atoms with van der Waals surface area (Å²) in [5, 5.41) is 14.1. The van der Waals surface area contributed by atoms with Gasteiger partial charge in [0.1, 0.15) is 6.33 Å². The Balaban J connectivity index is 2.46. The fourth-order valence-corrected chi connectivity index (χ4v) is 1.91. The molecule has 0 aliphatic rings. The molecule has 98 valence electrons. The van der Waals surface area contributed by atoms with E-state index in [-0.39, 0.29) is 11.6 Å². The third-order valence-corrected chi connectivity index (χ3v) is 3.04. The Labute approximate surface area is 121 Å². The molecule has 0 aliphatic carbocycles. The smallest absolute Gasteiger partial charge is 0.353 e. The number of hydrogen-bond acceptors (Lipinski definition) is 6. The zero-order valence-electron chi connectivity index (χ0n) is 9.30. The summed E-state index contributed by atoms with van der Waals surface area (Å²) >= 11 is 9.27. The lowest BCUT2D eigenvalue weighted by Gasteiger charge is -2.08. The molecule has 0 spiro atoms. The minimum Gasteiger partial charge on any atom is -0.378 e. The lowest BCUT2D eigenvalue weighted by Crippen LogP contribution is -2.05. The molecule has 0 bridgehead atoms. The fourth-order valence-electron chi connectivity index (χ4n) is 1.38. The number of rotatable bonds is 3. The van der Waals surface area contributed by atoms with Crippen LogP contribution in [-0.4, -0.2) is 14.9 Å². The summed E-state index contributed by atoms with van der Waals surface area (Å²) in [5.41, 5.74) is 5.55. The fraction of sp³-hybridized carbons (Fsp3) is 0. The van der Waals surface area contributed by atoms with E-state index < -0.39 is 10.6 Å². The number of nitrogens with one attached hydrogen (secondary N) is 1. The van der Waals surface area contributed by atoms with E-state index in [9.17, 15) is 10.1 Å². The second kappa shape index (κ2) is 5.37. The van der Waals surface area contributed by atoms with Crippen molar-refractivity contribution in [1.82, 2.24) is 9.97 Å². The van der Waals surface area contributed by atoms with E-state index in [1.165, 1.54) is 0 Å². The van der Waals surface area contributed by atoms with Gasteiger partial charge in [-0.1, -0.05) is 27.5 Å². The van der Waals surface area contributed by atoms with Gasteiger partial charge in [0.05, 0.1) is 15.6 Å². The topological polar surface area (TPSA) is 107 Å². The molecule has 2 aromatic rings. The molecule has 2 rings (SSSR count). The van der Waals surface area contributed by atoms with E-state index in [4.69, 9.17) is 17.3 Å². The number of nitro groups is 1. The number of anilines is 3. The quantitative estimate of drug-likeness (QED) is 0.654. The number of nitrogen functional groups attached to an aromatic ring is 1. The molecule has 0 aliphatic heterocycles. The first kappa shape index (κ1) is 13.5. The highest BCUT2D eigenvalue weighted by Gasteiger charge is 2.21. The molecule has 0 radical (unpaired) electrons. The van der Waals surface area contributed by atoms with E-state index in [1.54, 1.807) is 18.2 Å². The first-order chi connectivity index (χ1) is 8.99. The van der Waals surface area contributed by atoms with Crippen molar-refractivity contribution in [3.05, 3.63) is 44.1 Å². The zero-order chi connectivity index (χ0) is 14.0. The van der Waals surface area contributed by atoms with Crippen LogP contribution in [0.3, 0.4) is 0 Å². The second-order valence-corrected chi connectivity index (χ2v) is 4.79. The van der Waals surface area contributed by atoms with Crippen molar-refractivity contribution in [3.8, 4) is 0 Å². The van der Waals surface area contributed by atoms with Crippen molar-refractivity contribution in [2.24, 2.45) is 0 Å². The number of halogens is 2. The van der Waals surface area contributed by atoms with Crippen molar-refractivity contribution in [1.29, 1.82) is 0 Å². The molecule has 1 heterocycles. The van der Waals surface area contributed by atoms with Crippen LogP contribution in [0.4, 0.5) is 23.0 Å². The molecule has 1 aromatic heterocycles. The van der Waals surface area contributed by atoms with Gasteiger partial charge in [0, 0.05) is 4.47 Å². The molecule has 0 unspecified atom stereocenters. The molecule has 7 nitrogen and oxygen atoms in total. The minimum absolute atomic E-state index is 0.0162. The SMILES string of the molecule is Nc1ncnc(Nc2cc(Br)ccc2Cl)c1[N+](=O)[O-]. The van der Waals surface area contributed by atoms with Gasteiger partial charge in [0.2, 0.25) is 11.6 Å². The third kappa shape index (κ3) is 2.91. The zero-order valence-corrected chi connectivity index (χ0v) is 11.6. The third-order valence-electron chi connectivity index (χ3n) is 2.21. The average Bonchev–Trinajstić information content (AvgIpc) is 2.33. The van der Waals surface area contributed by atoms with Crippen LogP contribution in [0.5, 0.6) is 0 Å². The van der Waals surface area contributed by atoms with Gasteiger partial charge in [0.25, 0.3) is 0 Å². The molecule has 9 heteroatoms. The number of nitrogens with two attached hydrogens (primary N) is 1. The van der Waals surface area contributed by atoms with Crippen LogP contribution in [-0.2, 0) is 0 Å². The lowest BCUT2D eigenvalue weighted by molar-refractivity contribution is -0.383. The standard InChI is InChI=1S/C10H7BrClN5O2/c11-5-1-2-6(12)7(3-5)16-10-8(17(18)19)9(13)14-4-15-10/h1-4H,(H3,13,14,15,16).